The summed E-state index contributed by atoms with van der Waals surface area (Å²) in [4.78, 5) is 4.26. The highest BCUT2D eigenvalue weighted by Gasteiger charge is 2.36. The van der Waals surface area contributed by atoms with Gasteiger partial charge in [-0.15, -0.1) is 23.1 Å². The normalized spacial score (nSPS) is 21.8. The van der Waals surface area contributed by atoms with Gasteiger partial charge in [0.2, 0.25) is 0 Å². The van der Waals surface area contributed by atoms with Gasteiger partial charge in [0.15, 0.2) is 0 Å². The van der Waals surface area contributed by atoms with Gasteiger partial charge in [-0.05, 0) is 150 Å². The molecule has 0 N–H and O–H groups in total. The van der Waals surface area contributed by atoms with Crippen LogP contribution in [-0.4, -0.2) is 11.3 Å². The van der Waals surface area contributed by atoms with E-state index in [4.69, 9.17) is 0 Å². The Bertz CT molecular complexity index is 2750. The third kappa shape index (κ3) is 6.33. The lowest BCUT2D eigenvalue weighted by molar-refractivity contribution is 0.461. The van der Waals surface area contributed by atoms with Gasteiger partial charge in [-0.1, -0.05) is 111 Å². The molecule has 280 valence electrons. The first-order valence-corrected chi connectivity index (χ1v) is 22.9. The lowest BCUT2D eigenvalue weighted by Crippen LogP contribution is -2.34. The van der Waals surface area contributed by atoms with Gasteiger partial charge in [-0.25, -0.2) is 0 Å². The van der Waals surface area contributed by atoms with Crippen molar-refractivity contribution in [2.24, 2.45) is 5.92 Å². The lowest BCUT2D eigenvalue weighted by Gasteiger charge is -2.39. The summed E-state index contributed by atoms with van der Waals surface area (Å²) in [5.41, 5.74) is 12.3. The summed E-state index contributed by atoms with van der Waals surface area (Å²) in [6.45, 7) is 2.44. The van der Waals surface area contributed by atoms with E-state index in [-0.39, 0.29) is 0 Å². The average molecular weight is 774 g/mol. The molecule has 57 heavy (non-hydrogen) atoms. The molecule has 0 spiro atoms. The molecule has 0 radical (unpaired) electrons. The van der Waals surface area contributed by atoms with Crippen molar-refractivity contribution in [1.82, 2.24) is 0 Å². The molecule has 7 aromatic rings. The third-order valence-corrected chi connectivity index (χ3v) is 15.9. The van der Waals surface area contributed by atoms with Gasteiger partial charge in [0.05, 0.1) is 0 Å². The average Bonchev–Trinajstić information content (AvgIpc) is 3.70. The number of benzene rings is 5. The van der Waals surface area contributed by atoms with Crippen LogP contribution in [0.15, 0.2) is 138 Å². The van der Waals surface area contributed by atoms with E-state index < -0.39 is 0 Å². The van der Waals surface area contributed by atoms with Gasteiger partial charge in [-0.2, -0.15) is 0 Å². The van der Waals surface area contributed by atoms with Crippen molar-refractivity contribution in [3.63, 3.8) is 0 Å². The predicted octanol–water partition coefficient (Wildman–Crippen LogP) is 15.8. The number of thiophene rings is 1. The van der Waals surface area contributed by atoms with E-state index in [2.05, 4.69) is 163 Å². The molecule has 3 unspecified atom stereocenters. The van der Waals surface area contributed by atoms with Crippen LogP contribution in [0.25, 0.3) is 53.2 Å². The molecule has 1 fully saturated rings. The maximum Gasteiger partial charge on any atom is 0.0446 e. The van der Waals surface area contributed by atoms with Crippen LogP contribution in [0.3, 0.4) is 0 Å². The highest BCUT2D eigenvalue weighted by Crippen LogP contribution is 2.54. The van der Waals surface area contributed by atoms with Gasteiger partial charge in [-0.3, -0.25) is 0 Å². The summed E-state index contributed by atoms with van der Waals surface area (Å²) in [5.74, 6) is 1.16. The number of thioether (sulfide) groups is 1. The van der Waals surface area contributed by atoms with E-state index in [1.165, 1.54) is 107 Å². The Hall–Kier alpha value is -5.01. The van der Waals surface area contributed by atoms with Gasteiger partial charge >= 0.3 is 0 Å². The zero-order valence-corrected chi connectivity index (χ0v) is 34.3. The van der Waals surface area contributed by atoms with Crippen molar-refractivity contribution >= 4 is 76.6 Å². The smallest absolute Gasteiger partial charge is 0.0446 e. The van der Waals surface area contributed by atoms with Crippen LogP contribution < -0.4 is 4.90 Å². The van der Waals surface area contributed by atoms with E-state index in [9.17, 15) is 0 Å². The summed E-state index contributed by atoms with van der Waals surface area (Å²) < 4.78 is 2.65. The first-order chi connectivity index (χ1) is 28.2. The summed E-state index contributed by atoms with van der Waals surface area (Å²) in [7, 11) is 0. The minimum Gasteiger partial charge on any atom is -0.338 e. The molecule has 4 atom stereocenters. The molecule has 1 aliphatic heterocycles. The van der Waals surface area contributed by atoms with Crippen molar-refractivity contribution in [2.45, 2.75) is 86.8 Å². The predicted molar refractivity (Wildman–Crippen MR) is 247 cm³/mol. The maximum absolute atomic E-state index is 3.52. The fourth-order valence-corrected chi connectivity index (χ4v) is 13.3. The third-order valence-electron chi connectivity index (χ3n) is 13.2. The van der Waals surface area contributed by atoms with E-state index in [1.54, 1.807) is 5.56 Å². The highest BCUT2D eigenvalue weighted by molar-refractivity contribution is 8.00. The van der Waals surface area contributed by atoms with Gasteiger partial charge in [0.25, 0.3) is 0 Å². The Kier molecular flexibility index (Phi) is 9.09. The van der Waals surface area contributed by atoms with E-state index in [0.717, 1.165) is 36.3 Å². The first-order valence-electron chi connectivity index (χ1n) is 21.2. The quantitative estimate of drug-likeness (QED) is 0.166. The molecule has 0 amide bonds. The van der Waals surface area contributed by atoms with Crippen molar-refractivity contribution < 1.29 is 0 Å². The van der Waals surface area contributed by atoms with Gasteiger partial charge < -0.3 is 4.90 Å². The van der Waals surface area contributed by atoms with E-state index >= 15 is 0 Å². The van der Waals surface area contributed by atoms with Crippen molar-refractivity contribution in [1.29, 1.82) is 0 Å². The fraction of sp³-hybridized carbons (Fsp3) is 0.259. The number of hydrogen-bond donors (Lipinski definition) is 0. The zero-order chi connectivity index (χ0) is 37.9. The second-order valence-corrected chi connectivity index (χ2v) is 19.1. The van der Waals surface area contributed by atoms with Crippen LogP contribution in [0.1, 0.15) is 87.3 Å². The Morgan fingerprint density at radius 1 is 0.754 bits per heavy atom. The van der Waals surface area contributed by atoms with E-state index in [1.807, 2.05) is 17.4 Å². The van der Waals surface area contributed by atoms with Crippen LogP contribution in [0, 0.1) is 18.1 Å². The number of anilines is 2. The highest BCUT2D eigenvalue weighted by atomic mass is 32.2. The lowest BCUT2D eigenvalue weighted by atomic mass is 9.81. The molecular weight excluding hydrogens is 727 g/mol. The minimum absolute atomic E-state index is 0.326. The molecule has 11 rings (SSSR count). The number of fused-ring (bicyclic) bond motifs is 8. The van der Waals surface area contributed by atoms with Crippen molar-refractivity contribution in [3.8, 4) is 11.1 Å². The molecule has 1 saturated carbocycles. The zero-order valence-electron chi connectivity index (χ0n) is 32.6. The van der Waals surface area contributed by atoms with Crippen LogP contribution in [0.4, 0.5) is 11.4 Å². The second kappa shape index (κ2) is 14.7. The van der Waals surface area contributed by atoms with Crippen molar-refractivity contribution in [3.05, 3.63) is 162 Å². The summed E-state index contributed by atoms with van der Waals surface area (Å²) in [5, 5.41) is 5.72. The number of rotatable bonds is 6. The Morgan fingerprint density at radius 2 is 1.63 bits per heavy atom. The van der Waals surface area contributed by atoms with Crippen LogP contribution in [0.5, 0.6) is 0 Å². The molecule has 1 nitrogen and oxygen atoms in total. The Balaban J connectivity index is 1.13. The van der Waals surface area contributed by atoms with Crippen LogP contribution >= 0.6 is 23.1 Å². The summed E-state index contributed by atoms with van der Waals surface area (Å²) in [6, 6.07) is 48.8. The molecule has 4 aliphatic rings. The van der Waals surface area contributed by atoms with E-state index in [0.29, 0.717) is 17.9 Å². The van der Waals surface area contributed by atoms with Crippen LogP contribution in [0.2, 0.25) is 0 Å². The molecule has 6 aromatic carbocycles. The standard InChI is InChI=1S/C54H47NS2/c1-35-29-41(25-27-44(35)37-17-7-4-8-18-37)55(42-26-28-47-46-21-11-13-23-50(46)56-52(47)34-42)43-31-39(36-15-5-2-3-6-16-36)30-40(32-43)49-33-38-19-9-10-20-45(38)53-48-22-12-14-24-51(48)57-54(49)53/h4-5,7-9,12,14-19,22,24,26-28,30-35,41,46,50H,2-3,6,11,13,21,23,25,29H2,1H3/t35?,41?,46-,50?/m1/s1. The molecule has 1 aromatic heterocycles. The van der Waals surface area contributed by atoms with Crippen LogP contribution in [-0.2, 0) is 0 Å². The Morgan fingerprint density at radius 3 is 2.56 bits per heavy atom. The Labute approximate surface area is 345 Å². The summed E-state index contributed by atoms with van der Waals surface area (Å²) in [6.07, 6.45) is 20.7. The topological polar surface area (TPSA) is 3.24 Å². The minimum atomic E-state index is 0.326. The van der Waals surface area contributed by atoms with Crippen molar-refractivity contribution in [2.75, 3.05) is 4.90 Å². The number of nitrogens with zero attached hydrogens (tertiary/aromatic N) is 1. The fourth-order valence-electron chi connectivity index (χ4n) is 10.5. The second-order valence-electron chi connectivity index (χ2n) is 16.7. The summed E-state index contributed by atoms with van der Waals surface area (Å²) >= 11 is 4.08. The van der Waals surface area contributed by atoms with Gasteiger partial charge in [0.1, 0.15) is 0 Å². The molecule has 0 saturated heterocycles. The number of hydrogen-bond acceptors (Lipinski definition) is 3. The molecular formula is C54H47NS2. The monoisotopic (exact) mass is 773 g/mol. The maximum atomic E-state index is 3.52. The number of allylic oxidation sites excluding steroid dienone is 5. The molecule has 3 heteroatoms. The van der Waals surface area contributed by atoms with Gasteiger partial charge in [0, 0.05) is 58.7 Å². The first kappa shape index (κ1) is 35.2. The molecule has 2 heterocycles. The SMILES string of the molecule is CC1CC(N(c2cc(C3=CCCCC=C3)cc(-c3cc4ccc#cc4c4c3sc3ccccc34)c2)c2ccc3c(c2)SC2CCCC[C@H]32)CC=C1c1ccccc1. The molecule has 0 bridgehead atoms. The molecule has 3 aliphatic carbocycles. The largest absolute Gasteiger partial charge is 0.338 e.